The number of nitrogens with zero attached hydrogens (tertiary/aromatic N) is 2. The van der Waals surface area contributed by atoms with Crippen molar-refractivity contribution in [1.82, 2.24) is 10.2 Å². The Kier molecular flexibility index (Phi) is 3.77. The van der Waals surface area contributed by atoms with E-state index in [0.29, 0.717) is 10.8 Å². The van der Waals surface area contributed by atoms with Crippen LogP contribution in [0, 0.1) is 0 Å². The van der Waals surface area contributed by atoms with Gasteiger partial charge in [0.15, 0.2) is 6.10 Å². The van der Waals surface area contributed by atoms with Gasteiger partial charge < -0.3 is 9.15 Å². The highest BCUT2D eigenvalue weighted by Gasteiger charge is 2.21. The quantitative estimate of drug-likeness (QED) is 0.861. The molecule has 0 aliphatic rings. The number of ether oxygens (including phenoxy) is 1. The Morgan fingerprint density at radius 2 is 1.89 bits per heavy atom. The topological polar surface area (TPSA) is 82.3 Å². The first-order valence-electron chi connectivity index (χ1n) is 5.32. The van der Waals surface area contributed by atoms with Crippen molar-refractivity contribution in [1.29, 1.82) is 0 Å². The van der Waals surface area contributed by atoms with Gasteiger partial charge >= 0.3 is 5.22 Å². The highest BCUT2D eigenvalue weighted by Crippen LogP contribution is 2.23. The molecule has 0 spiro atoms. The minimum absolute atomic E-state index is 0.0929. The molecule has 8 heteroatoms. The fraction of sp³-hybridized carbons (Fsp3) is 0.273. The minimum Gasteiger partial charge on any atom is -0.481 e. The average molecular weight is 303 g/mol. The van der Waals surface area contributed by atoms with Crippen molar-refractivity contribution in [2.24, 2.45) is 0 Å². The molecule has 0 fully saturated rings. The predicted molar refractivity (Wildman–Crippen MR) is 67.9 cm³/mol. The van der Waals surface area contributed by atoms with Crippen LogP contribution in [0.1, 0.15) is 18.9 Å². The van der Waals surface area contributed by atoms with Crippen LogP contribution in [0.25, 0.3) is 0 Å². The smallest absolute Gasteiger partial charge is 0.335 e. The summed E-state index contributed by atoms with van der Waals surface area (Å²) in [6.45, 7) is 1.67. The van der Waals surface area contributed by atoms with E-state index in [0.717, 1.165) is 6.26 Å². The van der Waals surface area contributed by atoms with Crippen molar-refractivity contribution >= 4 is 21.4 Å². The summed E-state index contributed by atoms with van der Waals surface area (Å²) in [6, 6.07) is 6.73. The van der Waals surface area contributed by atoms with Crippen LogP contribution < -0.4 is 4.74 Å². The number of rotatable bonds is 4. The summed E-state index contributed by atoms with van der Waals surface area (Å²) in [5.74, 6) is 0.659. The van der Waals surface area contributed by atoms with Gasteiger partial charge in [0, 0.05) is 11.3 Å². The molecule has 1 aromatic heterocycles. The van der Waals surface area contributed by atoms with E-state index in [1.54, 1.807) is 31.2 Å². The van der Waals surface area contributed by atoms with Crippen molar-refractivity contribution in [3.05, 3.63) is 35.2 Å². The van der Waals surface area contributed by atoms with Crippen LogP contribution in [0.5, 0.6) is 5.75 Å². The Morgan fingerprint density at radius 3 is 2.42 bits per heavy atom. The minimum atomic E-state index is -3.51. The first-order valence-corrected chi connectivity index (χ1v) is 7.59. The van der Waals surface area contributed by atoms with Gasteiger partial charge in [0.25, 0.3) is 5.89 Å². The monoisotopic (exact) mass is 302 g/mol. The van der Waals surface area contributed by atoms with Crippen molar-refractivity contribution in [3.63, 3.8) is 0 Å². The maximum Gasteiger partial charge on any atom is 0.335 e. The van der Waals surface area contributed by atoms with Crippen molar-refractivity contribution in [3.8, 4) is 5.75 Å². The fourth-order valence-corrected chi connectivity index (χ4v) is 1.85. The summed E-state index contributed by atoms with van der Waals surface area (Å²) in [5.41, 5.74) is 0. The van der Waals surface area contributed by atoms with Gasteiger partial charge in [-0.3, -0.25) is 0 Å². The fourth-order valence-electron chi connectivity index (χ4n) is 1.30. The molecule has 1 unspecified atom stereocenters. The molecule has 2 rings (SSSR count). The van der Waals surface area contributed by atoms with Crippen molar-refractivity contribution in [2.45, 2.75) is 18.3 Å². The Morgan fingerprint density at radius 1 is 1.26 bits per heavy atom. The highest BCUT2D eigenvalue weighted by molar-refractivity contribution is 7.90. The molecule has 19 heavy (non-hydrogen) atoms. The van der Waals surface area contributed by atoms with Gasteiger partial charge in [-0.25, -0.2) is 8.42 Å². The maximum atomic E-state index is 11.2. The Balaban J connectivity index is 2.14. The largest absolute Gasteiger partial charge is 0.481 e. The van der Waals surface area contributed by atoms with Crippen molar-refractivity contribution < 1.29 is 17.6 Å². The Hall–Kier alpha value is -1.60. The van der Waals surface area contributed by atoms with Crippen LogP contribution >= 0.6 is 11.6 Å². The average Bonchev–Trinajstić information content (AvgIpc) is 2.81. The molecular weight excluding hydrogens is 292 g/mol. The maximum absolute atomic E-state index is 11.2. The molecule has 0 saturated heterocycles. The van der Waals surface area contributed by atoms with E-state index in [9.17, 15) is 8.42 Å². The van der Waals surface area contributed by atoms with E-state index in [1.807, 2.05) is 0 Å². The molecule has 0 amide bonds. The number of benzene rings is 1. The van der Waals surface area contributed by atoms with Gasteiger partial charge in [-0.05, 0) is 31.2 Å². The van der Waals surface area contributed by atoms with Gasteiger partial charge in [0.05, 0.1) is 0 Å². The number of hydrogen-bond donors (Lipinski definition) is 0. The van der Waals surface area contributed by atoms with E-state index in [4.69, 9.17) is 20.8 Å². The van der Waals surface area contributed by atoms with E-state index >= 15 is 0 Å². The van der Waals surface area contributed by atoms with Crippen LogP contribution in [0.15, 0.2) is 33.9 Å². The molecule has 0 aliphatic heterocycles. The third kappa shape index (κ3) is 3.45. The summed E-state index contributed by atoms with van der Waals surface area (Å²) in [7, 11) is -3.51. The van der Waals surface area contributed by atoms with Gasteiger partial charge in [0.1, 0.15) is 5.75 Å². The molecule has 0 aliphatic carbocycles. The lowest BCUT2D eigenvalue weighted by molar-refractivity contribution is 0.181. The summed E-state index contributed by atoms with van der Waals surface area (Å²) in [6.07, 6.45) is 0.429. The van der Waals surface area contributed by atoms with E-state index < -0.39 is 21.2 Å². The van der Waals surface area contributed by atoms with Gasteiger partial charge in [-0.15, -0.1) is 5.10 Å². The van der Waals surface area contributed by atoms with Crippen LogP contribution in [0.3, 0.4) is 0 Å². The summed E-state index contributed by atoms with van der Waals surface area (Å²) in [4.78, 5) is 0. The van der Waals surface area contributed by atoms with Crippen molar-refractivity contribution in [2.75, 3.05) is 6.26 Å². The third-order valence-corrected chi connectivity index (χ3v) is 3.26. The zero-order valence-corrected chi connectivity index (χ0v) is 11.8. The number of sulfone groups is 1. The lowest BCUT2D eigenvalue weighted by Crippen LogP contribution is -2.03. The zero-order chi connectivity index (χ0) is 14.0. The Labute approximate surface area is 115 Å². The molecular formula is C11H11ClN2O4S. The SMILES string of the molecule is CC(Oc1ccc(Cl)cc1)c1nnc(S(C)(=O)=O)o1. The lowest BCUT2D eigenvalue weighted by Gasteiger charge is -2.10. The number of aromatic nitrogens is 2. The second-order valence-corrected chi connectivity index (χ2v) is 6.22. The number of halogens is 1. The van der Waals surface area contributed by atoms with Gasteiger partial charge in [-0.2, -0.15) is 0 Å². The highest BCUT2D eigenvalue weighted by atomic mass is 35.5. The predicted octanol–water partition coefficient (Wildman–Crippen LogP) is 2.27. The van der Waals surface area contributed by atoms with Gasteiger partial charge in [-0.1, -0.05) is 16.7 Å². The first kappa shape index (κ1) is 13.8. The van der Waals surface area contributed by atoms with E-state index in [-0.39, 0.29) is 5.89 Å². The lowest BCUT2D eigenvalue weighted by atomic mass is 10.3. The third-order valence-electron chi connectivity index (χ3n) is 2.21. The molecule has 0 bridgehead atoms. The first-order chi connectivity index (χ1) is 8.86. The second-order valence-electron chi connectivity index (χ2n) is 3.89. The van der Waals surface area contributed by atoms with Crippen LogP contribution in [0.4, 0.5) is 0 Å². The molecule has 102 valence electrons. The van der Waals surface area contributed by atoms with Crippen LogP contribution in [-0.2, 0) is 9.84 Å². The second kappa shape index (κ2) is 5.18. The molecule has 0 saturated carbocycles. The molecule has 1 heterocycles. The standard InChI is InChI=1S/C11H11ClN2O4S/c1-7(17-9-5-3-8(12)4-6-9)10-13-14-11(18-10)19(2,15)16/h3-7H,1-2H3. The number of hydrogen-bond acceptors (Lipinski definition) is 6. The molecule has 1 aromatic carbocycles. The summed E-state index contributed by atoms with van der Waals surface area (Å²) < 4.78 is 33.0. The zero-order valence-electron chi connectivity index (χ0n) is 10.2. The molecule has 2 aromatic rings. The summed E-state index contributed by atoms with van der Waals surface area (Å²) >= 11 is 5.76. The van der Waals surface area contributed by atoms with E-state index in [2.05, 4.69) is 10.2 Å². The van der Waals surface area contributed by atoms with Gasteiger partial charge in [0.2, 0.25) is 9.84 Å². The summed E-state index contributed by atoms with van der Waals surface area (Å²) in [5, 5.41) is 7.28. The molecule has 0 radical (unpaired) electrons. The Bertz CT molecular complexity index is 666. The molecule has 6 nitrogen and oxygen atoms in total. The van der Waals surface area contributed by atoms with Crippen LogP contribution in [0.2, 0.25) is 5.02 Å². The molecule has 1 atom stereocenters. The van der Waals surface area contributed by atoms with E-state index in [1.165, 1.54) is 0 Å². The normalized spacial score (nSPS) is 13.2. The molecule has 0 N–H and O–H groups in total. The van der Waals surface area contributed by atoms with Crippen LogP contribution in [-0.4, -0.2) is 24.9 Å².